The highest BCUT2D eigenvalue weighted by atomic mass is 79.9. The molecule has 0 fully saturated rings. The number of rotatable bonds is 7. The van der Waals surface area contributed by atoms with Crippen LogP contribution in [0.5, 0.6) is 0 Å². The van der Waals surface area contributed by atoms with Gasteiger partial charge >= 0.3 is 0 Å². The van der Waals surface area contributed by atoms with Crippen LogP contribution in [0.3, 0.4) is 0 Å². The van der Waals surface area contributed by atoms with Crippen molar-refractivity contribution in [2.75, 3.05) is 18.5 Å². The number of H-pyrrole nitrogens is 1. The number of nitrogens with zero attached hydrogens (tertiary/aromatic N) is 3. The summed E-state index contributed by atoms with van der Waals surface area (Å²) in [5, 5.41) is 14.9. The van der Waals surface area contributed by atoms with E-state index >= 15 is 0 Å². The van der Waals surface area contributed by atoms with Crippen LogP contribution in [0.2, 0.25) is 0 Å². The van der Waals surface area contributed by atoms with Crippen LogP contribution in [0, 0.1) is 0 Å². The second kappa shape index (κ2) is 7.43. The Kier molecular flexibility index (Phi) is 5.09. The largest absolute Gasteiger partial charge is 0.380 e. The normalized spacial score (nSPS) is 10.9. The molecule has 3 rings (SSSR count). The van der Waals surface area contributed by atoms with Gasteiger partial charge < -0.3 is 10.1 Å². The fourth-order valence-corrected chi connectivity index (χ4v) is 2.43. The molecule has 0 aliphatic rings. The van der Waals surface area contributed by atoms with E-state index in [1.165, 1.54) is 0 Å². The molecule has 0 spiro atoms. The third kappa shape index (κ3) is 4.20. The SMILES string of the molecule is CCOCCn1cc(Nc2cc(-c3ccc(Br)cc3)[nH]n2)cn1. The van der Waals surface area contributed by atoms with Crippen molar-refractivity contribution in [2.45, 2.75) is 13.5 Å². The van der Waals surface area contributed by atoms with Gasteiger partial charge in [-0.15, -0.1) is 0 Å². The van der Waals surface area contributed by atoms with Gasteiger partial charge in [-0.1, -0.05) is 28.1 Å². The fraction of sp³-hybridized carbons (Fsp3) is 0.250. The smallest absolute Gasteiger partial charge is 0.152 e. The summed E-state index contributed by atoms with van der Waals surface area (Å²) in [6, 6.07) is 10.1. The molecule has 0 saturated heterocycles. The van der Waals surface area contributed by atoms with Gasteiger partial charge in [0.25, 0.3) is 0 Å². The molecule has 0 aliphatic heterocycles. The Balaban J connectivity index is 1.64. The molecule has 0 bridgehead atoms. The van der Waals surface area contributed by atoms with Crippen LogP contribution in [-0.2, 0) is 11.3 Å². The minimum atomic E-state index is 0.660. The zero-order chi connectivity index (χ0) is 16.1. The zero-order valence-corrected chi connectivity index (χ0v) is 14.4. The molecular weight excluding hydrogens is 358 g/mol. The molecule has 0 saturated carbocycles. The molecular formula is C16H18BrN5O. The van der Waals surface area contributed by atoms with Gasteiger partial charge in [-0.25, -0.2) is 0 Å². The average molecular weight is 376 g/mol. The second-order valence-corrected chi connectivity index (χ2v) is 5.90. The van der Waals surface area contributed by atoms with E-state index in [1.54, 1.807) is 6.20 Å². The van der Waals surface area contributed by atoms with Gasteiger partial charge in [0.2, 0.25) is 0 Å². The average Bonchev–Trinajstić information content (AvgIpc) is 3.19. The summed E-state index contributed by atoms with van der Waals surface area (Å²) in [6.07, 6.45) is 3.72. The molecule has 2 heterocycles. The molecule has 2 N–H and O–H groups in total. The van der Waals surface area contributed by atoms with Crippen molar-refractivity contribution in [1.82, 2.24) is 20.0 Å². The van der Waals surface area contributed by atoms with Crippen LogP contribution < -0.4 is 5.32 Å². The maximum Gasteiger partial charge on any atom is 0.152 e. The zero-order valence-electron chi connectivity index (χ0n) is 12.8. The van der Waals surface area contributed by atoms with Gasteiger partial charge in [0.1, 0.15) is 0 Å². The number of anilines is 2. The number of ether oxygens (including phenoxy) is 1. The van der Waals surface area contributed by atoms with Gasteiger partial charge in [0, 0.05) is 23.3 Å². The number of nitrogens with one attached hydrogen (secondary N) is 2. The van der Waals surface area contributed by atoms with Gasteiger partial charge in [0.15, 0.2) is 5.82 Å². The van der Waals surface area contributed by atoms with Crippen molar-refractivity contribution in [1.29, 1.82) is 0 Å². The van der Waals surface area contributed by atoms with E-state index in [0.717, 1.165) is 40.4 Å². The Bertz CT molecular complexity index is 750. The number of aromatic amines is 1. The highest BCUT2D eigenvalue weighted by Crippen LogP contribution is 2.23. The standard InChI is InChI=1S/C16H18BrN5O/c1-2-23-8-7-22-11-14(10-18-22)19-16-9-15(20-21-16)12-3-5-13(17)6-4-12/h3-6,9-11H,2,7-8H2,1H3,(H2,19,20,21). The van der Waals surface area contributed by atoms with E-state index in [2.05, 4.69) is 36.5 Å². The van der Waals surface area contributed by atoms with Crippen LogP contribution in [-0.4, -0.2) is 33.2 Å². The molecule has 23 heavy (non-hydrogen) atoms. The molecule has 120 valence electrons. The summed E-state index contributed by atoms with van der Waals surface area (Å²) in [5.41, 5.74) is 2.94. The predicted molar refractivity (Wildman–Crippen MR) is 93.7 cm³/mol. The maximum atomic E-state index is 5.32. The first-order valence-electron chi connectivity index (χ1n) is 7.43. The minimum Gasteiger partial charge on any atom is -0.380 e. The van der Waals surface area contributed by atoms with E-state index < -0.39 is 0 Å². The van der Waals surface area contributed by atoms with Crippen LogP contribution in [0.4, 0.5) is 11.5 Å². The Morgan fingerprint density at radius 1 is 1.30 bits per heavy atom. The van der Waals surface area contributed by atoms with Gasteiger partial charge in [0.05, 0.1) is 30.7 Å². The van der Waals surface area contributed by atoms with Crippen molar-refractivity contribution in [3.8, 4) is 11.3 Å². The Morgan fingerprint density at radius 3 is 2.91 bits per heavy atom. The van der Waals surface area contributed by atoms with E-state index in [4.69, 9.17) is 4.74 Å². The molecule has 0 unspecified atom stereocenters. The summed E-state index contributed by atoms with van der Waals surface area (Å²) in [7, 11) is 0. The topological polar surface area (TPSA) is 67.8 Å². The summed E-state index contributed by atoms with van der Waals surface area (Å²) < 4.78 is 8.23. The van der Waals surface area contributed by atoms with E-state index in [0.29, 0.717) is 6.61 Å². The number of aromatic nitrogens is 4. The number of halogens is 1. The molecule has 3 aromatic rings. The molecule has 6 nitrogen and oxygen atoms in total. The van der Waals surface area contributed by atoms with Gasteiger partial charge in [-0.3, -0.25) is 9.78 Å². The number of benzene rings is 1. The summed E-state index contributed by atoms with van der Waals surface area (Å²) in [5.74, 6) is 0.757. The van der Waals surface area contributed by atoms with Crippen LogP contribution in [0.1, 0.15) is 6.92 Å². The second-order valence-electron chi connectivity index (χ2n) is 4.99. The number of hydrogen-bond donors (Lipinski definition) is 2. The van der Waals surface area contributed by atoms with Crippen molar-refractivity contribution in [3.05, 3.63) is 47.2 Å². The highest BCUT2D eigenvalue weighted by molar-refractivity contribution is 9.10. The van der Waals surface area contributed by atoms with Gasteiger partial charge in [-0.05, 0) is 24.6 Å². The summed E-state index contributed by atoms with van der Waals surface area (Å²) >= 11 is 3.44. The van der Waals surface area contributed by atoms with Crippen molar-refractivity contribution < 1.29 is 4.74 Å². The third-order valence-corrected chi connectivity index (χ3v) is 3.84. The summed E-state index contributed by atoms with van der Waals surface area (Å²) in [6.45, 7) is 4.10. The first-order chi connectivity index (χ1) is 11.2. The monoisotopic (exact) mass is 375 g/mol. The van der Waals surface area contributed by atoms with E-state index in [1.807, 2.05) is 48.1 Å². The van der Waals surface area contributed by atoms with Crippen LogP contribution in [0.15, 0.2) is 47.2 Å². The predicted octanol–water partition coefficient (Wildman–Crippen LogP) is 3.82. The summed E-state index contributed by atoms with van der Waals surface area (Å²) in [4.78, 5) is 0. The van der Waals surface area contributed by atoms with E-state index in [-0.39, 0.29) is 0 Å². The lowest BCUT2D eigenvalue weighted by molar-refractivity contribution is 0.136. The Hall–Kier alpha value is -2.12. The van der Waals surface area contributed by atoms with E-state index in [9.17, 15) is 0 Å². The molecule has 0 amide bonds. The van der Waals surface area contributed by atoms with Crippen molar-refractivity contribution in [3.63, 3.8) is 0 Å². The lowest BCUT2D eigenvalue weighted by Gasteiger charge is -2.01. The Morgan fingerprint density at radius 2 is 2.13 bits per heavy atom. The first kappa shape index (κ1) is 15.8. The van der Waals surface area contributed by atoms with Gasteiger partial charge in [-0.2, -0.15) is 10.2 Å². The molecule has 0 atom stereocenters. The van der Waals surface area contributed by atoms with Crippen molar-refractivity contribution >= 4 is 27.4 Å². The van der Waals surface area contributed by atoms with Crippen LogP contribution in [0.25, 0.3) is 11.3 Å². The highest BCUT2D eigenvalue weighted by Gasteiger charge is 2.05. The van der Waals surface area contributed by atoms with Crippen LogP contribution >= 0.6 is 15.9 Å². The quantitative estimate of drug-likeness (QED) is 0.616. The maximum absolute atomic E-state index is 5.32. The minimum absolute atomic E-state index is 0.660. The molecule has 0 aliphatic carbocycles. The Labute approximate surface area is 143 Å². The lowest BCUT2D eigenvalue weighted by Crippen LogP contribution is -2.05. The molecule has 2 aromatic heterocycles. The molecule has 0 radical (unpaired) electrons. The first-order valence-corrected chi connectivity index (χ1v) is 8.22. The van der Waals surface area contributed by atoms with Crippen molar-refractivity contribution in [2.24, 2.45) is 0 Å². The molecule has 1 aromatic carbocycles. The third-order valence-electron chi connectivity index (χ3n) is 3.31. The lowest BCUT2D eigenvalue weighted by atomic mass is 10.1. The number of hydrogen-bond acceptors (Lipinski definition) is 4. The fourth-order valence-electron chi connectivity index (χ4n) is 2.16. The molecule has 7 heteroatoms.